The molecule has 0 atom stereocenters. The van der Waals surface area contributed by atoms with Gasteiger partial charge in [0.15, 0.2) is 0 Å². The van der Waals surface area contributed by atoms with Crippen LogP contribution in [-0.2, 0) is 5.41 Å². The van der Waals surface area contributed by atoms with Crippen LogP contribution in [0.5, 0.6) is 0 Å². The van der Waals surface area contributed by atoms with E-state index < -0.39 is 0 Å². The molecule has 1 aromatic carbocycles. The van der Waals surface area contributed by atoms with Gasteiger partial charge < -0.3 is 10.9 Å². The quantitative estimate of drug-likeness (QED) is 0.325. The van der Waals surface area contributed by atoms with Gasteiger partial charge in [0, 0.05) is 0 Å². The molecule has 4 heteroatoms. The molecular formula is C10H11FN2O. The van der Waals surface area contributed by atoms with E-state index in [0.29, 0.717) is 0 Å². The molecule has 0 heterocycles. The number of nitrogens with zero attached hydrogens (tertiary/aromatic N) is 1. The van der Waals surface area contributed by atoms with Gasteiger partial charge in [0.25, 0.3) is 0 Å². The molecule has 0 bridgehead atoms. The summed E-state index contributed by atoms with van der Waals surface area (Å²) in [5.74, 6) is -0.0619. The second-order valence-electron chi connectivity index (χ2n) is 3.57. The molecule has 14 heavy (non-hydrogen) atoms. The van der Waals surface area contributed by atoms with Gasteiger partial charge in [-0.1, -0.05) is 17.3 Å². The molecule has 0 aliphatic heterocycles. The minimum Gasteiger partial charge on any atom is -0.409 e. The summed E-state index contributed by atoms with van der Waals surface area (Å²) in [5, 5.41) is 11.6. The van der Waals surface area contributed by atoms with E-state index in [1.165, 1.54) is 12.1 Å². The largest absolute Gasteiger partial charge is 0.409 e. The lowest BCUT2D eigenvalue weighted by Gasteiger charge is -2.13. The van der Waals surface area contributed by atoms with Gasteiger partial charge in [-0.05, 0) is 30.5 Å². The molecule has 1 aliphatic carbocycles. The van der Waals surface area contributed by atoms with Crippen LogP contribution in [0.3, 0.4) is 0 Å². The highest BCUT2D eigenvalue weighted by Gasteiger charge is 2.48. The first-order valence-electron chi connectivity index (χ1n) is 4.43. The molecule has 3 nitrogen and oxygen atoms in total. The van der Waals surface area contributed by atoms with Gasteiger partial charge in [0.1, 0.15) is 11.7 Å². The molecule has 0 radical (unpaired) electrons. The average molecular weight is 194 g/mol. The number of nitrogens with two attached hydrogens (primary N) is 1. The number of oxime groups is 1. The fourth-order valence-corrected chi connectivity index (χ4v) is 1.68. The van der Waals surface area contributed by atoms with Crippen molar-refractivity contribution in [2.45, 2.75) is 18.3 Å². The highest BCUT2D eigenvalue weighted by Crippen LogP contribution is 2.48. The fourth-order valence-electron chi connectivity index (χ4n) is 1.68. The first kappa shape index (κ1) is 8.99. The van der Waals surface area contributed by atoms with Crippen LogP contribution in [0.15, 0.2) is 29.4 Å². The smallest absolute Gasteiger partial charge is 0.149 e. The third kappa shape index (κ3) is 1.23. The van der Waals surface area contributed by atoms with Gasteiger partial charge in [-0.2, -0.15) is 0 Å². The third-order valence-corrected chi connectivity index (χ3v) is 2.74. The third-order valence-electron chi connectivity index (χ3n) is 2.74. The lowest BCUT2D eigenvalue weighted by Crippen LogP contribution is -2.28. The topological polar surface area (TPSA) is 58.6 Å². The Morgan fingerprint density at radius 3 is 2.36 bits per heavy atom. The zero-order chi connectivity index (χ0) is 10.2. The number of hydrogen-bond donors (Lipinski definition) is 2. The average Bonchev–Trinajstić information content (AvgIpc) is 2.99. The number of amidine groups is 1. The van der Waals surface area contributed by atoms with Crippen LogP contribution in [0.2, 0.25) is 0 Å². The molecule has 0 unspecified atom stereocenters. The van der Waals surface area contributed by atoms with Crippen molar-refractivity contribution in [2.75, 3.05) is 0 Å². The molecule has 0 aromatic heterocycles. The van der Waals surface area contributed by atoms with Crippen LogP contribution in [0.4, 0.5) is 4.39 Å². The normalized spacial score (nSPS) is 19.4. The molecule has 3 N–H and O–H groups in total. The van der Waals surface area contributed by atoms with Crippen molar-refractivity contribution in [1.82, 2.24) is 0 Å². The Balaban J connectivity index is 2.36. The highest BCUT2D eigenvalue weighted by molar-refractivity contribution is 5.94. The molecule has 1 fully saturated rings. The zero-order valence-corrected chi connectivity index (χ0v) is 7.57. The molecule has 1 aliphatic rings. The van der Waals surface area contributed by atoms with E-state index in [1.54, 1.807) is 12.1 Å². The van der Waals surface area contributed by atoms with Crippen LogP contribution in [0.25, 0.3) is 0 Å². The molecule has 1 aromatic rings. The number of hydrogen-bond acceptors (Lipinski definition) is 2. The maximum Gasteiger partial charge on any atom is 0.149 e. The van der Waals surface area contributed by atoms with Crippen molar-refractivity contribution in [3.8, 4) is 0 Å². The Bertz CT molecular complexity index is 368. The van der Waals surface area contributed by atoms with Crippen LogP contribution >= 0.6 is 0 Å². The zero-order valence-electron chi connectivity index (χ0n) is 7.57. The van der Waals surface area contributed by atoms with Crippen molar-refractivity contribution in [1.29, 1.82) is 0 Å². The number of rotatable bonds is 2. The molecule has 1 saturated carbocycles. The lowest BCUT2D eigenvalue weighted by molar-refractivity contribution is 0.315. The summed E-state index contributed by atoms with van der Waals surface area (Å²) in [5.41, 5.74) is 6.16. The summed E-state index contributed by atoms with van der Waals surface area (Å²) in [7, 11) is 0. The standard InChI is InChI=1S/C10H11FN2O/c11-8-3-1-7(2-4-8)10(5-6-10)9(12)13-14/h1-4,14H,5-6H2,(H2,12,13). The Labute approximate surface area is 81.0 Å². The lowest BCUT2D eigenvalue weighted by atomic mass is 9.95. The Hall–Kier alpha value is -1.58. The predicted octanol–water partition coefficient (Wildman–Crippen LogP) is 1.60. The van der Waals surface area contributed by atoms with E-state index in [4.69, 9.17) is 10.9 Å². The Kier molecular flexibility index (Phi) is 1.91. The second-order valence-corrected chi connectivity index (χ2v) is 3.57. The van der Waals surface area contributed by atoms with E-state index >= 15 is 0 Å². The maximum atomic E-state index is 12.7. The van der Waals surface area contributed by atoms with Gasteiger partial charge in [-0.25, -0.2) is 4.39 Å². The van der Waals surface area contributed by atoms with Crippen LogP contribution in [-0.4, -0.2) is 11.0 Å². The first-order chi connectivity index (χ1) is 6.69. The van der Waals surface area contributed by atoms with E-state index in [0.717, 1.165) is 18.4 Å². The van der Waals surface area contributed by atoms with Crippen LogP contribution < -0.4 is 5.73 Å². The first-order valence-corrected chi connectivity index (χ1v) is 4.43. The van der Waals surface area contributed by atoms with Crippen molar-refractivity contribution in [2.24, 2.45) is 10.9 Å². The van der Waals surface area contributed by atoms with Gasteiger partial charge >= 0.3 is 0 Å². The van der Waals surface area contributed by atoms with E-state index in [1.807, 2.05) is 0 Å². The van der Waals surface area contributed by atoms with E-state index in [9.17, 15) is 4.39 Å². The summed E-state index contributed by atoms with van der Waals surface area (Å²) in [6, 6.07) is 6.14. The summed E-state index contributed by atoms with van der Waals surface area (Å²) >= 11 is 0. The van der Waals surface area contributed by atoms with Gasteiger partial charge in [-0.3, -0.25) is 0 Å². The van der Waals surface area contributed by atoms with Crippen molar-refractivity contribution >= 4 is 5.84 Å². The van der Waals surface area contributed by atoms with Gasteiger partial charge in [0.2, 0.25) is 0 Å². The van der Waals surface area contributed by atoms with Crippen molar-refractivity contribution in [3.63, 3.8) is 0 Å². The van der Waals surface area contributed by atoms with Crippen molar-refractivity contribution < 1.29 is 9.60 Å². The molecule has 0 amide bonds. The predicted molar refractivity (Wildman–Crippen MR) is 50.7 cm³/mol. The summed E-state index contributed by atoms with van der Waals surface area (Å²) in [6.07, 6.45) is 1.71. The maximum absolute atomic E-state index is 12.7. The number of halogens is 1. The molecule has 2 rings (SSSR count). The van der Waals surface area contributed by atoms with Crippen LogP contribution in [0, 0.1) is 5.82 Å². The molecule has 0 saturated heterocycles. The Morgan fingerprint density at radius 2 is 1.93 bits per heavy atom. The number of benzene rings is 1. The molecular weight excluding hydrogens is 183 g/mol. The minimum atomic E-state index is -0.345. The second kappa shape index (κ2) is 2.97. The molecule has 0 spiro atoms. The van der Waals surface area contributed by atoms with Crippen LogP contribution in [0.1, 0.15) is 18.4 Å². The van der Waals surface area contributed by atoms with Crippen molar-refractivity contribution in [3.05, 3.63) is 35.6 Å². The van der Waals surface area contributed by atoms with Gasteiger partial charge in [-0.15, -0.1) is 0 Å². The summed E-state index contributed by atoms with van der Waals surface area (Å²) < 4.78 is 12.7. The fraction of sp³-hybridized carbons (Fsp3) is 0.300. The molecule has 74 valence electrons. The summed E-state index contributed by atoms with van der Waals surface area (Å²) in [4.78, 5) is 0. The van der Waals surface area contributed by atoms with E-state index in [2.05, 4.69) is 5.16 Å². The Morgan fingerprint density at radius 1 is 1.36 bits per heavy atom. The highest BCUT2D eigenvalue weighted by atomic mass is 19.1. The monoisotopic (exact) mass is 194 g/mol. The van der Waals surface area contributed by atoms with Gasteiger partial charge in [0.05, 0.1) is 5.41 Å². The SMILES string of the molecule is NC(=NO)C1(c2ccc(F)cc2)CC1. The van der Waals surface area contributed by atoms with E-state index in [-0.39, 0.29) is 17.1 Å². The minimum absolute atomic E-state index is 0.212. The summed E-state index contributed by atoms with van der Waals surface area (Å²) in [6.45, 7) is 0.